The number of allylic oxidation sites excluding steroid dienone is 1. The van der Waals surface area contributed by atoms with E-state index in [9.17, 15) is 0 Å². The van der Waals surface area contributed by atoms with E-state index in [1.807, 2.05) is 6.07 Å². The quantitative estimate of drug-likeness (QED) is 0.560. The second-order valence-corrected chi connectivity index (χ2v) is 6.75. The van der Waals surface area contributed by atoms with E-state index >= 15 is 0 Å². The number of hydrogen-bond acceptors (Lipinski definition) is 5. The van der Waals surface area contributed by atoms with Crippen LogP contribution in [0, 0.1) is 11.8 Å². The second kappa shape index (κ2) is 7.78. The molecule has 7 nitrogen and oxygen atoms in total. The number of fused-ring (bicyclic) bond motifs is 2. The largest absolute Gasteiger partial charge is 0.486 e. The molecule has 7 heteroatoms. The Morgan fingerprint density at radius 2 is 1.85 bits per heavy atom. The predicted molar refractivity (Wildman–Crippen MR) is 93.4 cm³/mol. The number of carboxylic acid groups (broad SMARTS) is 2. The number of hydrogen-bond donors (Lipinski definition) is 3. The molecule has 4 rings (SSSR count). The van der Waals surface area contributed by atoms with Gasteiger partial charge in [0, 0.05) is 12.1 Å². The average Bonchev–Trinajstić information content (AvgIpc) is 3.00. The molecule has 26 heavy (non-hydrogen) atoms. The molecule has 0 spiro atoms. The van der Waals surface area contributed by atoms with Gasteiger partial charge >= 0.3 is 11.9 Å². The summed E-state index contributed by atoms with van der Waals surface area (Å²) < 4.78 is 11.2. The topological polar surface area (TPSA) is 105 Å². The summed E-state index contributed by atoms with van der Waals surface area (Å²) in [4.78, 5) is 18.2. The van der Waals surface area contributed by atoms with E-state index in [4.69, 9.17) is 29.3 Å². The maximum absolute atomic E-state index is 9.10. The molecule has 0 amide bonds. The first-order chi connectivity index (χ1) is 12.5. The van der Waals surface area contributed by atoms with Gasteiger partial charge in [-0.2, -0.15) is 0 Å². The Balaban J connectivity index is 0.000000286. The highest BCUT2D eigenvalue weighted by Gasteiger charge is 2.41. The summed E-state index contributed by atoms with van der Waals surface area (Å²) in [5, 5.41) is 18.5. The van der Waals surface area contributed by atoms with Gasteiger partial charge in [-0.1, -0.05) is 18.2 Å². The zero-order chi connectivity index (χ0) is 18.7. The molecule has 140 valence electrons. The SMILES string of the molecule is CC(NC1CC2CC=CC21)c1ccc2c(c1)OCCO2.O=C(O)C(=O)O. The maximum atomic E-state index is 9.10. The van der Waals surface area contributed by atoms with Crippen LogP contribution in [0.15, 0.2) is 30.4 Å². The van der Waals surface area contributed by atoms with Crippen molar-refractivity contribution in [1.29, 1.82) is 0 Å². The molecule has 0 bridgehead atoms. The van der Waals surface area contributed by atoms with Crippen LogP contribution < -0.4 is 14.8 Å². The zero-order valence-corrected chi connectivity index (χ0v) is 14.6. The van der Waals surface area contributed by atoms with E-state index in [0.29, 0.717) is 25.3 Å². The fourth-order valence-corrected chi connectivity index (χ4v) is 3.65. The molecule has 0 saturated heterocycles. The third-order valence-electron chi connectivity index (χ3n) is 5.08. The van der Waals surface area contributed by atoms with E-state index < -0.39 is 11.9 Å². The van der Waals surface area contributed by atoms with Crippen LogP contribution in [0.1, 0.15) is 31.4 Å². The smallest absolute Gasteiger partial charge is 0.414 e. The van der Waals surface area contributed by atoms with Gasteiger partial charge in [0.25, 0.3) is 0 Å². The number of ether oxygens (including phenoxy) is 2. The van der Waals surface area contributed by atoms with Gasteiger partial charge in [-0.25, -0.2) is 9.59 Å². The van der Waals surface area contributed by atoms with Crippen molar-refractivity contribution in [3.8, 4) is 11.5 Å². The molecule has 1 heterocycles. The van der Waals surface area contributed by atoms with Crippen LogP contribution in [-0.4, -0.2) is 41.4 Å². The van der Waals surface area contributed by atoms with E-state index in [1.54, 1.807) is 0 Å². The first-order valence-electron chi connectivity index (χ1n) is 8.74. The van der Waals surface area contributed by atoms with E-state index in [1.165, 1.54) is 18.4 Å². The van der Waals surface area contributed by atoms with Crippen LogP contribution in [0.3, 0.4) is 0 Å². The van der Waals surface area contributed by atoms with Crippen LogP contribution in [0.25, 0.3) is 0 Å². The van der Waals surface area contributed by atoms with Gasteiger partial charge in [-0.15, -0.1) is 0 Å². The van der Waals surface area contributed by atoms with Gasteiger partial charge in [-0.05, 0) is 49.3 Å². The maximum Gasteiger partial charge on any atom is 0.414 e. The van der Waals surface area contributed by atoms with E-state index in [-0.39, 0.29) is 0 Å². The Labute approximate surface area is 151 Å². The first-order valence-corrected chi connectivity index (χ1v) is 8.74. The molecular formula is C19H23NO6. The van der Waals surface area contributed by atoms with Crippen LogP contribution in [-0.2, 0) is 9.59 Å². The third kappa shape index (κ3) is 3.99. The van der Waals surface area contributed by atoms with Gasteiger partial charge in [0.05, 0.1) is 0 Å². The summed E-state index contributed by atoms with van der Waals surface area (Å²) in [7, 11) is 0. The minimum absolute atomic E-state index is 0.353. The molecule has 0 radical (unpaired) electrons. The highest BCUT2D eigenvalue weighted by Crippen LogP contribution is 2.43. The van der Waals surface area contributed by atoms with Gasteiger partial charge in [0.2, 0.25) is 0 Å². The number of carbonyl (C=O) groups is 2. The van der Waals surface area contributed by atoms with Crippen molar-refractivity contribution in [3.63, 3.8) is 0 Å². The van der Waals surface area contributed by atoms with Gasteiger partial charge in [0.1, 0.15) is 13.2 Å². The van der Waals surface area contributed by atoms with E-state index in [0.717, 1.165) is 23.3 Å². The van der Waals surface area contributed by atoms with Gasteiger partial charge in [0.15, 0.2) is 11.5 Å². The summed E-state index contributed by atoms with van der Waals surface area (Å²) in [6.07, 6.45) is 7.32. The lowest BCUT2D eigenvalue weighted by atomic mass is 9.71. The van der Waals surface area contributed by atoms with Crippen molar-refractivity contribution in [2.24, 2.45) is 11.8 Å². The first kappa shape index (κ1) is 18.3. The van der Waals surface area contributed by atoms with Crippen molar-refractivity contribution in [2.45, 2.75) is 31.8 Å². The van der Waals surface area contributed by atoms with Gasteiger partial charge < -0.3 is 25.0 Å². The average molecular weight is 361 g/mol. The summed E-state index contributed by atoms with van der Waals surface area (Å²) in [6.45, 7) is 3.53. The highest BCUT2D eigenvalue weighted by molar-refractivity contribution is 6.27. The second-order valence-electron chi connectivity index (χ2n) is 6.75. The zero-order valence-electron chi connectivity index (χ0n) is 14.6. The fraction of sp³-hybridized carbons (Fsp3) is 0.474. The lowest BCUT2D eigenvalue weighted by Crippen LogP contribution is -2.48. The molecule has 4 unspecified atom stereocenters. The Bertz CT molecular complexity index is 704. The summed E-state index contributed by atoms with van der Waals surface area (Å²) in [6, 6.07) is 7.28. The Hall–Kier alpha value is -2.54. The van der Waals surface area contributed by atoms with Crippen LogP contribution >= 0.6 is 0 Å². The van der Waals surface area contributed by atoms with Crippen molar-refractivity contribution in [3.05, 3.63) is 35.9 Å². The van der Waals surface area contributed by atoms with Gasteiger partial charge in [-0.3, -0.25) is 0 Å². The number of rotatable bonds is 3. The highest BCUT2D eigenvalue weighted by atomic mass is 16.6. The van der Waals surface area contributed by atoms with E-state index in [2.05, 4.69) is 36.5 Å². The molecule has 4 atom stereocenters. The Morgan fingerprint density at radius 1 is 1.15 bits per heavy atom. The normalized spacial score (nSPS) is 26.0. The Kier molecular flexibility index (Phi) is 5.46. The Morgan fingerprint density at radius 3 is 2.50 bits per heavy atom. The molecule has 1 saturated carbocycles. The van der Waals surface area contributed by atoms with Crippen molar-refractivity contribution >= 4 is 11.9 Å². The molecule has 2 aliphatic carbocycles. The van der Waals surface area contributed by atoms with Crippen molar-refractivity contribution in [1.82, 2.24) is 5.32 Å². The van der Waals surface area contributed by atoms with Crippen LogP contribution in [0.2, 0.25) is 0 Å². The molecule has 1 fully saturated rings. The summed E-state index contributed by atoms with van der Waals surface area (Å²) in [5.74, 6) is -0.232. The lowest BCUT2D eigenvalue weighted by Gasteiger charge is -2.42. The van der Waals surface area contributed by atoms with Crippen LogP contribution in [0.4, 0.5) is 0 Å². The number of carboxylic acids is 2. The lowest BCUT2D eigenvalue weighted by molar-refractivity contribution is -0.159. The molecular weight excluding hydrogens is 338 g/mol. The molecule has 1 aliphatic heterocycles. The predicted octanol–water partition coefficient (Wildman–Crippen LogP) is 2.23. The molecule has 3 aliphatic rings. The standard InChI is InChI=1S/C17H21NO2.C2H2O4/c1-11(18-15-9-13-3-2-4-14(13)15)12-5-6-16-17(10-12)20-8-7-19-16;3-1(4)2(5)6/h2,4-6,10-11,13-15,18H,3,7-9H2,1H3;(H,3,4)(H,5,6). The van der Waals surface area contributed by atoms with Crippen molar-refractivity contribution in [2.75, 3.05) is 13.2 Å². The molecule has 0 aromatic heterocycles. The van der Waals surface area contributed by atoms with Crippen LogP contribution in [0.5, 0.6) is 11.5 Å². The minimum atomic E-state index is -1.82. The molecule has 3 N–H and O–H groups in total. The molecule has 1 aromatic carbocycles. The summed E-state index contributed by atoms with van der Waals surface area (Å²) >= 11 is 0. The number of benzene rings is 1. The number of nitrogens with one attached hydrogen (secondary N) is 1. The summed E-state index contributed by atoms with van der Waals surface area (Å²) in [5.41, 5.74) is 1.28. The minimum Gasteiger partial charge on any atom is -0.486 e. The third-order valence-corrected chi connectivity index (χ3v) is 5.08. The van der Waals surface area contributed by atoms with Crippen molar-refractivity contribution < 1.29 is 29.3 Å². The number of aliphatic carboxylic acids is 2. The fourth-order valence-electron chi connectivity index (χ4n) is 3.65. The molecule has 1 aromatic rings. The monoisotopic (exact) mass is 361 g/mol.